The summed E-state index contributed by atoms with van der Waals surface area (Å²) in [7, 11) is 0. The van der Waals surface area contributed by atoms with Crippen LogP contribution in [0.2, 0.25) is 0 Å². The van der Waals surface area contributed by atoms with Crippen molar-refractivity contribution in [2.75, 3.05) is 5.32 Å². The fraction of sp³-hybridized carbons (Fsp3) is 0.174. The van der Waals surface area contributed by atoms with Gasteiger partial charge in [0.1, 0.15) is 11.8 Å². The number of aryl methyl sites for hydroxylation is 2. The number of anilines is 1. The molecule has 0 aliphatic heterocycles. The summed E-state index contributed by atoms with van der Waals surface area (Å²) in [5.74, 6) is 1.22. The highest BCUT2D eigenvalue weighted by molar-refractivity contribution is 5.85. The van der Waals surface area contributed by atoms with Gasteiger partial charge in [-0.15, -0.1) is 0 Å². The van der Waals surface area contributed by atoms with Crippen molar-refractivity contribution in [2.24, 2.45) is 0 Å². The number of nitrogens with one attached hydrogen (secondary N) is 1. The third-order valence-electron chi connectivity index (χ3n) is 5.10. The zero-order valence-electron chi connectivity index (χ0n) is 17.8. The monoisotopic (exact) mass is 423 g/mol. The summed E-state index contributed by atoms with van der Waals surface area (Å²) in [6.07, 6.45) is 10.3. The Morgan fingerprint density at radius 2 is 1.81 bits per heavy atom. The molecule has 0 saturated heterocycles. The van der Waals surface area contributed by atoms with Crippen LogP contribution < -0.4 is 5.32 Å². The molecule has 0 aliphatic rings. The van der Waals surface area contributed by atoms with Crippen LogP contribution in [0.4, 0.5) is 5.82 Å². The molecule has 0 atom stereocenters. The predicted octanol–water partition coefficient (Wildman–Crippen LogP) is 3.68. The van der Waals surface area contributed by atoms with Crippen molar-refractivity contribution >= 4 is 17.0 Å². The molecule has 5 rings (SSSR count). The minimum Gasteiger partial charge on any atom is -0.364 e. The molecule has 1 N–H and O–H groups in total. The number of hydrogen-bond donors (Lipinski definition) is 1. The average molecular weight is 423 g/mol. The lowest BCUT2D eigenvalue weighted by atomic mass is 10.1. The van der Waals surface area contributed by atoms with E-state index in [2.05, 4.69) is 43.2 Å². The second kappa shape index (κ2) is 8.46. The van der Waals surface area contributed by atoms with Gasteiger partial charge in [0.2, 0.25) is 0 Å². The Kier molecular flexibility index (Phi) is 5.20. The van der Waals surface area contributed by atoms with Crippen molar-refractivity contribution in [3.63, 3.8) is 0 Å². The molecule has 5 aromatic rings. The zero-order chi connectivity index (χ0) is 21.9. The fourth-order valence-electron chi connectivity index (χ4n) is 3.43. The van der Waals surface area contributed by atoms with E-state index in [-0.39, 0.29) is 0 Å². The molecular formula is C23H21N9. The summed E-state index contributed by atoms with van der Waals surface area (Å²) in [6.45, 7) is 5.34. The molecular weight excluding hydrogens is 402 g/mol. The van der Waals surface area contributed by atoms with Gasteiger partial charge in [-0.1, -0.05) is 6.07 Å². The minimum absolute atomic E-state index is 0.553. The van der Waals surface area contributed by atoms with E-state index in [1.807, 2.05) is 35.9 Å². The number of rotatable bonds is 6. The summed E-state index contributed by atoms with van der Waals surface area (Å²) >= 11 is 0. The van der Waals surface area contributed by atoms with Crippen LogP contribution in [-0.2, 0) is 13.1 Å². The van der Waals surface area contributed by atoms with E-state index in [9.17, 15) is 0 Å². The Morgan fingerprint density at radius 1 is 0.938 bits per heavy atom. The van der Waals surface area contributed by atoms with E-state index in [0.29, 0.717) is 18.2 Å². The highest BCUT2D eigenvalue weighted by Crippen LogP contribution is 2.24. The van der Waals surface area contributed by atoms with Crippen LogP contribution in [0.3, 0.4) is 0 Å². The van der Waals surface area contributed by atoms with E-state index in [4.69, 9.17) is 9.97 Å². The third-order valence-corrected chi connectivity index (χ3v) is 5.10. The van der Waals surface area contributed by atoms with Crippen molar-refractivity contribution in [3.05, 3.63) is 73.0 Å². The normalized spacial score (nSPS) is 11.1. The van der Waals surface area contributed by atoms with Gasteiger partial charge in [-0.25, -0.2) is 24.9 Å². The Balaban J connectivity index is 1.43. The quantitative estimate of drug-likeness (QED) is 0.441. The maximum Gasteiger partial charge on any atom is 0.167 e. The first-order chi connectivity index (χ1) is 15.7. The Bertz CT molecular complexity index is 1360. The highest BCUT2D eigenvalue weighted by atomic mass is 15.2. The topological polar surface area (TPSA) is 107 Å². The van der Waals surface area contributed by atoms with Gasteiger partial charge in [0, 0.05) is 49.1 Å². The maximum atomic E-state index is 4.70. The smallest absolute Gasteiger partial charge is 0.167 e. The van der Waals surface area contributed by atoms with Gasteiger partial charge in [0.05, 0.1) is 17.6 Å². The summed E-state index contributed by atoms with van der Waals surface area (Å²) in [6, 6.07) is 8.06. The molecule has 0 amide bonds. The highest BCUT2D eigenvalue weighted by Gasteiger charge is 2.14. The Labute approximate surface area is 184 Å². The lowest BCUT2D eigenvalue weighted by molar-refractivity contribution is 0.777. The molecule has 0 spiro atoms. The van der Waals surface area contributed by atoms with Crippen LogP contribution in [0.25, 0.3) is 33.8 Å². The molecule has 5 heterocycles. The molecule has 5 aromatic heterocycles. The molecule has 0 fully saturated rings. The van der Waals surface area contributed by atoms with Crippen molar-refractivity contribution in [3.8, 4) is 22.6 Å². The molecule has 0 saturated carbocycles. The number of nitrogens with zero attached hydrogens (tertiary/aromatic N) is 8. The second-order valence-electron chi connectivity index (χ2n) is 7.32. The predicted molar refractivity (Wildman–Crippen MR) is 122 cm³/mol. The van der Waals surface area contributed by atoms with Crippen LogP contribution in [0.5, 0.6) is 0 Å². The van der Waals surface area contributed by atoms with Crippen molar-refractivity contribution in [2.45, 2.75) is 26.9 Å². The van der Waals surface area contributed by atoms with Gasteiger partial charge in [0.15, 0.2) is 17.3 Å². The van der Waals surface area contributed by atoms with E-state index >= 15 is 0 Å². The fourth-order valence-corrected chi connectivity index (χ4v) is 3.43. The second-order valence-corrected chi connectivity index (χ2v) is 7.32. The van der Waals surface area contributed by atoms with E-state index < -0.39 is 0 Å². The van der Waals surface area contributed by atoms with Crippen molar-refractivity contribution in [1.29, 1.82) is 0 Å². The largest absolute Gasteiger partial charge is 0.364 e. The molecule has 0 aromatic carbocycles. The van der Waals surface area contributed by atoms with E-state index in [0.717, 1.165) is 45.8 Å². The molecule has 9 heteroatoms. The van der Waals surface area contributed by atoms with Gasteiger partial charge < -0.3 is 9.88 Å². The zero-order valence-corrected chi connectivity index (χ0v) is 17.8. The molecule has 0 radical (unpaired) electrons. The Morgan fingerprint density at radius 3 is 2.56 bits per heavy atom. The van der Waals surface area contributed by atoms with Crippen LogP contribution >= 0.6 is 0 Å². The van der Waals surface area contributed by atoms with Crippen LogP contribution in [-0.4, -0.2) is 39.5 Å². The first-order valence-electron chi connectivity index (χ1n) is 10.3. The van der Waals surface area contributed by atoms with Crippen molar-refractivity contribution in [1.82, 2.24) is 39.5 Å². The number of fused-ring (bicyclic) bond motifs is 1. The van der Waals surface area contributed by atoms with Gasteiger partial charge in [0.25, 0.3) is 0 Å². The van der Waals surface area contributed by atoms with Crippen LogP contribution in [0, 0.1) is 6.92 Å². The van der Waals surface area contributed by atoms with E-state index in [1.54, 1.807) is 24.9 Å². The lowest BCUT2D eigenvalue weighted by Gasteiger charge is -2.10. The standard InChI is InChI=1S/C23H21N9/c1-3-32-14-29-20-22(30-21(31-23(20)32)18-11-24-13-25-12-18)28-10-16-4-5-19(27-9-16)17-6-7-26-15(2)8-17/h4-9,11-14H,3,10H2,1-2H3,(H,28,30,31). The average Bonchev–Trinajstić information content (AvgIpc) is 3.27. The first-order valence-corrected chi connectivity index (χ1v) is 10.3. The number of aromatic nitrogens is 8. The van der Waals surface area contributed by atoms with Crippen molar-refractivity contribution < 1.29 is 0 Å². The van der Waals surface area contributed by atoms with Crippen LogP contribution in [0.1, 0.15) is 18.2 Å². The molecule has 0 bridgehead atoms. The number of pyridine rings is 2. The maximum absolute atomic E-state index is 4.70. The van der Waals surface area contributed by atoms with Gasteiger partial charge in [-0.3, -0.25) is 9.97 Å². The summed E-state index contributed by atoms with van der Waals surface area (Å²) < 4.78 is 1.99. The Hall–Kier alpha value is -4.27. The van der Waals surface area contributed by atoms with Crippen LogP contribution in [0.15, 0.2) is 61.7 Å². The summed E-state index contributed by atoms with van der Waals surface area (Å²) in [5, 5.41) is 3.40. The van der Waals surface area contributed by atoms with Gasteiger partial charge in [-0.05, 0) is 37.6 Å². The number of imidazole rings is 1. The third kappa shape index (κ3) is 3.87. The van der Waals surface area contributed by atoms with Gasteiger partial charge in [-0.2, -0.15) is 0 Å². The van der Waals surface area contributed by atoms with Gasteiger partial charge >= 0.3 is 0 Å². The molecule has 158 valence electrons. The lowest BCUT2D eigenvalue weighted by Crippen LogP contribution is -2.06. The summed E-state index contributed by atoms with van der Waals surface area (Å²) in [4.78, 5) is 30.9. The minimum atomic E-state index is 0.553. The first kappa shape index (κ1) is 19.7. The summed E-state index contributed by atoms with van der Waals surface area (Å²) in [5.41, 5.74) is 6.21. The molecule has 9 nitrogen and oxygen atoms in total. The molecule has 0 unspecified atom stereocenters. The van der Waals surface area contributed by atoms with E-state index in [1.165, 1.54) is 6.33 Å². The molecule has 32 heavy (non-hydrogen) atoms. The SMILES string of the molecule is CCn1cnc2c(NCc3ccc(-c4ccnc(C)c4)nc3)nc(-c3cncnc3)nc21. The molecule has 0 aliphatic carbocycles. The number of hydrogen-bond acceptors (Lipinski definition) is 8.